The smallest absolute Gasteiger partial charge is 0.0242 e. The monoisotopic (exact) mass is 324 g/mol. The van der Waals surface area contributed by atoms with Gasteiger partial charge in [0.2, 0.25) is 0 Å². The molecular weight excluding hydrogens is 300 g/mol. The molecule has 0 aliphatic heterocycles. The summed E-state index contributed by atoms with van der Waals surface area (Å²) in [6.45, 7) is 4.44. The average Bonchev–Trinajstić information content (AvgIpc) is 2.37. The van der Waals surface area contributed by atoms with Crippen LogP contribution >= 0.6 is 15.9 Å². The molecular formula is C16H25BrN2. The summed E-state index contributed by atoms with van der Waals surface area (Å²) in [4.78, 5) is 2.41. The lowest BCUT2D eigenvalue weighted by molar-refractivity contribution is 0.177. The third kappa shape index (κ3) is 4.30. The van der Waals surface area contributed by atoms with Crippen LogP contribution in [0, 0.1) is 11.8 Å². The summed E-state index contributed by atoms with van der Waals surface area (Å²) in [6.07, 6.45) is 3.77. The summed E-state index contributed by atoms with van der Waals surface area (Å²) >= 11 is 3.62. The van der Waals surface area contributed by atoms with E-state index in [4.69, 9.17) is 5.73 Å². The molecule has 0 bridgehead atoms. The van der Waals surface area contributed by atoms with E-state index in [1.165, 1.54) is 29.3 Å². The predicted octanol–water partition coefficient (Wildman–Crippen LogP) is 3.64. The Balaban J connectivity index is 1.90. The van der Waals surface area contributed by atoms with E-state index in [1.807, 2.05) is 0 Å². The van der Waals surface area contributed by atoms with E-state index in [9.17, 15) is 0 Å². The van der Waals surface area contributed by atoms with Crippen LogP contribution < -0.4 is 5.73 Å². The van der Waals surface area contributed by atoms with Gasteiger partial charge in [-0.3, -0.25) is 0 Å². The van der Waals surface area contributed by atoms with Crippen molar-refractivity contribution in [1.29, 1.82) is 0 Å². The Hall–Kier alpha value is -0.380. The Morgan fingerprint density at radius 2 is 2.05 bits per heavy atom. The Morgan fingerprint density at radius 1 is 1.32 bits per heavy atom. The summed E-state index contributed by atoms with van der Waals surface area (Å²) in [5, 5.41) is 0. The molecule has 3 heteroatoms. The van der Waals surface area contributed by atoms with E-state index >= 15 is 0 Å². The first-order chi connectivity index (χ1) is 9.06. The second-order valence-corrected chi connectivity index (χ2v) is 6.98. The Bertz CT molecular complexity index is 407. The zero-order valence-electron chi connectivity index (χ0n) is 12.0. The standard InChI is InChI=1S/C16H25BrN2/c1-12-7-8-16(18)14(9-12)11-19(2)10-13-5-3-4-6-15(13)17/h3-6,12,14,16H,7-11,18H2,1-2H3. The highest BCUT2D eigenvalue weighted by Gasteiger charge is 2.26. The SMILES string of the molecule is CC1CCC(N)C(CN(C)Cc2ccccc2Br)C1. The number of hydrogen-bond donors (Lipinski definition) is 1. The largest absolute Gasteiger partial charge is 0.327 e. The summed E-state index contributed by atoms with van der Waals surface area (Å²) in [6, 6.07) is 8.84. The first-order valence-electron chi connectivity index (χ1n) is 7.23. The maximum absolute atomic E-state index is 6.28. The molecule has 2 N–H and O–H groups in total. The van der Waals surface area contributed by atoms with Gasteiger partial charge in [-0.15, -0.1) is 0 Å². The van der Waals surface area contributed by atoms with E-state index in [0.717, 1.165) is 19.0 Å². The summed E-state index contributed by atoms with van der Waals surface area (Å²) in [5.41, 5.74) is 7.63. The molecule has 0 spiro atoms. The van der Waals surface area contributed by atoms with Crippen LogP contribution in [-0.2, 0) is 6.54 Å². The van der Waals surface area contributed by atoms with Gasteiger partial charge in [-0.05, 0) is 49.8 Å². The highest BCUT2D eigenvalue weighted by molar-refractivity contribution is 9.10. The second-order valence-electron chi connectivity index (χ2n) is 6.13. The lowest BCUT2D eigenvalue weighted by atomic mass is 9.79. The van der Waals surface area contributed by atoms with Crippen molar-refractivity contribution in [2.24, 2.45) is 17.6 Å². The van der Waals surface area contributed by atoms with Crippen molar-refractivity contribution >= 4 is 15.9 Å². The number of nitrogens with zero attached hydrogens (tertiary/aromatic N) is 1. The lowest BCUT2D eigenvalue weighted by Crippen LogP contribution is -2.41. The molecule has 1 aliphatic rings. The minimum Gasteiger partial charge on any atom is -0.327 e. The van der Waals surface area contributed by atoms with Crippen molar-refractivity contribution in [3.63, 3.8) is 0 Å². The molecule has 2 rings (SSSR count). The molecule has 3 unspecified atom stereocenters. The maximum Gasteiger partial charge on any atom is 0.0242 e. The van der Waals surface area contributed by atoms with Crippen molar-refractivity contribution in [1.82, 2.24) is 4.90 Å². The predicted molar refractivity (Wildman–Crippen MR) is 85.0 cm³/mol. The number of rotatable bonds is 4. The van der Waals surface area contributed by atoms with Crippen molar-refractivity contribution in [2.45, 2.75) is 38.8 Å². The van der Waals surface area contributed by atoms with Gasteiger partial charge in [0.1, 0.15) is 0 Å². The van der Waals surface area contributed by atoms with Crippen molar-refractivity contribution in [2.75, 3.05) is 13.6 Å². The van der Waals surface area contributed by atoms with Gasteiger partial charge in [-0.1, -0.05) is 41.1 Å². The Labute approximate surface area is 125 Å². The van der Waals surface area contributed by atoms with Crippen LogP contribution in [0.2, 0.25) is 0 Å². The number of hydrogen-bond acceptors (Lipinski definition) is 2. The van der Waals surface area contributed by atoms with Crippen molar-refractivity contribution in [3.05, 3.63) is 34.3 Å². The molecule has 1 aromatic carbocycles. The van der Waals surface area contributed by atoms with E-state index in [1.54, 1.807) is 0 Å². The van der Waals surface area contributed by atoms with Gasteiger partial charge in [0.15, 0.2) is 0 Å². The normalized spacial score (nSPS) is 27.7. The van der Waals surface area contributed by atoms with E-state index in [2.05, 4.69) is 59.1 Å². The van der Waals surface area contributed by atoms with Gasteiger partial charge in [0.25, 0.3) is 0 Å². The molecule has 1 aromatic rings. The molecule has 3 atom stereocenters. The van der Waals surface area contributed by atoms with E-state index in [-0.39, 0.29) is 0 Å². The molecule has 19 heavy (non-hydrogen) atoms. The topological polar surface area (TPSA) is 29.3 Å². The van der Waals surface area contributed by atoms with E-state index in [0.29, 0.717) is 12.0 Å². The molecule has 0 aromatic heterocycles. The highest BCUT2D eigenvalue weighted by atomic mass is 79.9. The Kier molecular flexibility index (Phi) is 5.43. The van der Waals surface area contributed by atoms with Gasteiger partial charge in [-0.25, -0.2) is 0 Å². The van der Waals surface area contributed by atoms with Crippen LogP contribution in [0.5, 0.6) is 0 Å². The van der Waals surface area contributed by atoms with Crippen LogP contribution in [0.25, 0.3) is 0 Å². The quantitative estimate of drug-likeness (QED) is 0.916. The highest BCUT2D eigenvalue weighted by Crippen LogP contribution is 2.29. The molecule has 0 radical (unpaired) electrons. The minimum atomic E-state index is 0.387. The molecule has 0 saturated heterocycles. The van der Waals surface area contributed by atoms with Gasteiger partial charge in [0, 0.05) is 23.6 Å². The first kappa shape index (κ1) is 15.0. The zero-order chi connectivity index (χ0) is 13.8. The fourth-order valence-electron chi connectivity index (χ4n) is 3.11. The maximum atomic E-state index is 6.28. The number of nitrogens with two attached hydrogens (primary N) is 1. The fourth-order valence-corrected chi connectivity index (χ4v) is 3.52. The molecule has 1 fully saturated rings. The van der Waals surface area contributed by atoms with Crippen LogP contribution in [0.15, 0.2) is 28.7 Å². The van der Waals surface area contributed by atoms with Crippen LogP contribution in [0.3, 0.4) is 0 Å². The number of halogens is 1. The third-order valence-electron chi connectivity index (χ3n) is 4.25. The third-order valence-corrected chi connectivity index (χ3v) is 5.02. The van der Waals surface area contributed by atoms with Gasteiger partial charge in [0.05, 0.1) is 0 Å². The average molecular weight is 325 g/mol. The summed E-state index contributed by atoms with van der Waals surface area (Å²) in [5.74, 6) is 1.48. The number of benzene rings is 1. The van der Waals surface area contributed by atoms with Crippen LogP contribution in [0.4, 0.5) is 0 Å². The first-order valence-corrected chi connectivity index (χ1v) is 8.03. The molecule has 1 saturated carbocycles. The minimum absolute atomic E-state index is 0.387. The van der Waals surface area contributed by atoms with Gasteiger partial charge in [-0.2, -0.15) is 0 Å². The van der Waals surface area contributed by atoms with Crippen LogP contribution in [0.1, 0.15) is 31.7 Å². The van der Waals surface area contributed by atoms with E-state index < -0.39 is 0 Å². The molecule has 0 heterocycles. The van der Waals surface area contributed by atoms with Crippen molar-refractivity contribution in [3.8, 4) is 0 Å². The zero-order valence-corrected chi connectivity index (χ0v) is 13.6. The molecule has 106 valence electrons. The summed E-state index contributed by atoms with van der Waals surface area (Å²) < 4.78 is 1.20. The Morgan fingerprint density at radius 3 is 2.79 bits per heavy atom. The molecule has 1 aliphatic carbocycles. The molecule has 2 nitrogen and oxygen atoms in total. The lowest BCUT2D eigenvalue weighted by Gasteiger charge is -2.35. The summed E-state index contributed by atoms with van der Waals surface area (Å²) in [7, 11) is 2.20. The van der Waals surface area contributed by atoms with Crippen molar-refractivity contribution < 1.29 is 0 Å². The fraction of sp³-hybridized carbons (Fsp3) is 0.625. The van der Waals surface area contributed by atoms with Crippen LogP contribution in [-0.4, -0.2) is 24.5 Å². The van der Waals surface area contributed by atoms with Gasteiger partial charge >= 0.3 is 0 Å². The van der Waals surface area contributed by atoms with Gasteiger partial charge < -0.3 is 10.6 Å². The second kappa shape index (κ2) is 6.87. The molecule has 0 amide bonds.